The summed E-state index contributed by atoms with van der Waals surface area (Å²) in [7, 11) is 1.23. The molecule has 0 saturated carbocycles. The monoisotopic (exact) mass is 527 g/mol. The van der Waals surface area contributed by atoms with Crippen molar-refractivity contribution in [3.63, 3.8) is 0 Å². The van der Waals surface area contributed by atoms with Crippen molar-refractivity contribution >= 4 is 52.5 Å². The summed E-state index contributed by atoms with van der Waals surface area (Å²) < 4.78 is 15.3. The lowest BCUT2D eigenvalue weighted by atomic mass is 10.1. The predicted molar refractivity (Wildman–Crippen MR) is 140 cm³/mol. The number of carbonyl (C=O) groups excluding carboxylic acids is 4. The Hall–Kier alpha value is -3.99. The van der Waals surface area contributed by atoms with Gasteiger partial charge in [-0.15, -0.1) is 0 Å². The van der Waals surface area contributed by atoms with Crippen LogP contribution in [0.25, 0.3) is 0 Å². The number of ether oxygens (including phenoxy) is 3. The average molecular weight is 528 g/mol. The van der Waals surface area contributed by atoms with Crippen LogP contribution in [0, 0.1) is 0 Å². The Morgan fingerprint density at radius 3 is 2.30 bits per heavy atom. The van der Waals surface area contributed by atoms with Gasteiger partial charge >= 0.3 is 11.9 Å². The summed E-state index contributed by atoms with van der Waals surface area (Å²) >= 11 is 5.51. The van der Waals surface area contributed by atoms with E-state index in [1.165, 1.54) is 29.0 Å². The fourth-order valence-corrected chi connectivity index (χ4v) is 4.05. The zero-order valence-corrected chi connectivity index (χ0v) is 21.7. The third-order valence-corrected chi connectivity index (χ3v) is 5.89. The van der Waals surface area contributed by atoms with Crippen LogP contribution in [0.4, 0.5) is 11.4 Å². The molecule has 2 amide bonds. The van der Waals surface area contributed by atoms with Crippen LogP contribution in [0.2, 0.25) is 0 Å². The fraction of sp³-hybridized carbons (Fsp3) is 0.346. The van der Waals surface area contributed by atoms with Crippen molar-refractivity contribution in [1.82, 2.24) is 4.90 Å². The summed E-state index contributed by atoms with van der Waals surface area (Å²) in [5, 5.41) is 2.81. The van der Waals surface area contributed by atoms with Gasteiger partial charge in [-0.25, -0.2) is 4.79 Å². The molecule has 1 fully saturated rings. The number of esters is 2. The van der Waals surface area contributed by atoms with Gasteiger partial charge in [0.1, 0.15) is 18.3 Å². The van der Waals surface area contributed by atoms with E-state index in [0.717, 1.165) is 6.42 Å². The summed E-state index contributed by atoms with van der Waals surface area (Å²) in [5.74, 6) is -1.32. The molecule has 1 saturated heterocycles. The highest BCUT2D eigenvalue weighted by Crippen LogP contribution is 2.28. The summed E-state index contributed by atoms with van der Waals surface area (Å²) in [6, 6.07) is 12.0. The molecule has 1 N–H and O–H groups in total. The van der Waals surface area contributed by atoms with Crippen molar-refractivity contribution in [1.29, 1.82) is 0 Å². The van der Waals surface area contributed by atoms with Crippen molar-refractivity contribution in [2.24, 2.45) is 0 Å². The molecule has 1 heterocycles. The Morgan fingerprint density at radius 2 is 1.70 bits per heavy atom. The number of thiocarbonyl (C=S) groups is 1. The van der Waals surface area contributed by atoms with Gasteiger partial charge in [0.25, 0.3) is 5.91 Å². The first-order valence-corrected chi connectivity index (χ1v) is 12.2. The van der Waals surface area contributed by atoms with E-state index in [-0.39, 0.29) is 24.7 Å². The molecule has 0 aliphatic carbocycles. The first-order valence-electron chi connectivity index (χ1n) is 11.8. The molecule has 0 aromatic heterocycles. The van der Waals surface area contributed by atoms with Crippen LogP contribution in [-0.2, 0) is 23.9 Å². The summed E-state index contributed by atoms with van der Waals surface area (Å²) in [5.41, 5.74) is 1.24. The van der Waals surface area contributed by atoms with E-state index in [4.69, 9.17) is 26.4 Å². The first kappa shape index (κ1) is 27.6. The van der Waals surface area contributed by atoms with E-state index in [1.807, 2.05) is 6.92 Å². The summed E-state index contributed by atoms with van der Waals surface area (Å²) in [6.07, 6.45) is 0.631. The number of nitrogens with one attached hydrogen (secondary N) is 1. The topological polar surface area (TPSA) is 114 Å². The number of hydrogen-bond acceptors (Lipinski definition) is 8. The van der Waals surface area contributed by atoms with E-state index in [9.17, 15) is 19.2 Å². The minimum atomic E-state index is -1.02. The predicted octanol–water partition coefficient (Wildman–Crippen LogP) is 3.16. The largest absolute Gasteiger partial charge is 0.494 e. The average Bonchev–Trinajstić information content (AvgIpc) is 3.12. The molecular formula is C26H29N3O7S. The number of hydrogen-bond donors (Lipinski definition) is 1. The maximum absolute atomic E-state index is 13.4. The van der Waals surface area contributed by atoms with Crippen LogP contribution in [-0.4, -0.2) is 66.7 Å². The number of benzene rings is 2. The highest BCUT2D eigenvalue weighted by atomic mass is 32.1. The second-order valence-corrected chi connectivity index (χ2v) is 8.43. The van der Waals surface area contributed by atoms with Gasteiger partial charge in [0.05, 0.1) is 38.0 Å². The molecule has 1 aliphatic rings. The molecule has 11 heteroatoms. The molecule has 196 valence electrons. The van der Waals surface area contributed by atoms with Crippen LogP contribution in [0.3, 0.4) is 0 Å². The number of methoxy groups -OCH3 is 1. The molecule has 10 nitrogen and oxygen atoms in total. The quantitative estimate of drug-likeness (QED) is 0.348. The lowest BCUT2D eigenvalue weighted by Crippen LogP contribution is -2.41. The second-order valence-electron chi connectivity index (χ2n) is 8.07. The lowest BCUT2D eigenvalue weighted by Gasteiger charge is -2.22. The Balaban J connectivity index is 1.77. The van der Waals surface area contributed by atoms with E-state index in [2.05, 4.69) is 5.32 Å². The molecule has 0 bridgehead atoms. The SMILES string of the molecule is CCCOc1ccc(NC(=O)CC2C(=O)N(c3ccc(C(=O)OCC)cc3)C(=S)N2CC(=O)OC)cc1. The molecule has 1 atom stereocenters. The highest BCUT2D eigenvalue weighted by molar-refractivity contribution is 7.80. The van der Waals surface area contributed by atoms with Gasteiger partial charge in [0.2, 0.25) is 5.91 Å². The molecule has 37 heavy (non-hydrogen) atoms. The fourth-order valence-electron chi connectivity index (χ4n) is 3.66. The molecule has 0 spiro atoms. The third kappa shape index (κ3) is 6.82. The Bertz CT molecular complexity index is 1150. The highest BCUT2D eigenvalue weighted by Gasteiger charge is 2.45. The standard InChI is InChI=1S/C26H29N3O7S/c1-4-14-36-20-12-8-18(9-13-20)27-22(30)15-21-24(32)29(26(37)28(21)16-23(31)34-3)19-10-6-17(7-11-19)25(33)35-5-2/h6-13,21H,4-5,14-16H2,1-3H3,(H,27,30). The summed E-state index contributed by atoms with van der Waals surface area (Å²) in [6.45, 7) is 4.23. The van der Waals surface area contributed by atoms with Gasteiger partial charge in [-0.1, -0.05) is 6.92 Å². The Labute approximate surface area is 220 Å². The maximum Gasteiger partial charge on any atom is 0.338 e. The number of nitrogens with zero attached hydrogens (tertiary/aromatic N) is 2. The van der Waals surface area contributed by atoms with Gasteiger partial charge in [-0.05, 0) is 74.1 Å². The molecule has 1 aliphatic heterocycles. The van der Waals surface area contributed by atoms with Gasteiger partial charge < -0.3 is 24.4 Å². The van der Waals surface area contributed by atoms with Gasteiger partial charge in [-0.2, -0.15) is 0 Å². The lowest BCUT2D eigenvalue weighted by molar-refractivity contribution is -0.141. The first-order chi connectivity index (χ1) is 17.8. The van der Waals surface area contributed by atoms with Crippen LogP contribution in [0.1, 0.15) is 37.0 Å². The molecular weight excluding hydrogens is 498 g/mol. The van der Waals surface area contributed by atoms with Crippen LogP contribution < -0.4 is 15.0 Å². The molecule has 2 aromatic carbocycles. The number of carbonyl (C=O) groups is 4. The van der Waals surface area contributed by atoms with Crippen molar-refractivity contribution in [2.75, 3.05) is 37.1 Å². The number of anilines is 2. The molecule has 0 radical (unpaired) electrons. The van der Waals surface area contributed by atoms with Crippen LogP contribution in [0.15, 0.2) is 48.5 Å². The van der Waals surface area contributed by atoms with Crippen molar-refractivity contribution in [2.45, 2.75) is 32.7 Å². The summed E-state index contributed by atoms with van der Waals surface area (Å²) in [4.78, 5) is 52.9. The van der Waals surface area contributed by atoms with Crippen molar-refractivity contribution in [3.8, 4) is 5.75 Å². The second kappa shape index (κ2) is 12.8. The Kier molecular flexibility index (Phi) is 9.56. The molecule has 3 rings (SSSR count). The van der Waals surface area contributed by atoms with Crippen LogP contribution in [0.5, 0.6) is 5.75 Å². The van der Waals surface area contributed by atoms with Crippen molar-refractivity contribution in [3.05, 3.63) is 54.1 Å². The Morgan fingerprint density at radius 1 is 1.03 bits per heavy atom. The van der Waals surface area contributed by atoms with E-state index in [1.54, 1.807) is 43.3 Å². The zero-order chi connectivity index (χ0) is 26.9. The van der Waals surface area contributed by atoms with Gasteiger partial charge in [0.15, 0.2) is 5.11 Å². The minimum absolute atomic E-state index is 0.0505. The zero-order valence-electron chi connectivity index (χ0n) is 20.9. The van der Waals surface area contributed by atoms with E-state index >= 15 is 0 Å². The van der Waals surface area contributed by atoms with E-state index < -0.39 is 29.8 Å². The van der Waals surface area contributed by atoms with Crippen molar-refractivity contribution < 1.29 is 33.4 Å². The number of rotatable bonds is 11. The molecule has 2 aromatic rings. The minimum Gasteiger partial charge on any atom is -0.494 e. The maximum atomic E-state index is 13.4. The third-order valence-electron chi connectivity index (χ3n) is 5.47. The van der Waals surface area contributed by atoms with E-state index in [0.29, 0.717) is 29.3 Å². The molecule has 1 unspecified atom stereocenters. The van der Waals surface area contributed by atoms with Gasteiger partial charge in [-0.3, -0.25) is 19.3 Å². The smallest absolute Gasteiger partial charge is 0.338 e. The van der Waals surface area contributed by atoms with Crippen LogP contribution >= 0.6 is 12.2 Å². The van der Waals surface area contributed by atoms with Gasteiger partial charge in [0, 0.05) is 5.69 Å². The number of amides is 2. The normalized spacial score (nSPS) is 14.9.